The second-order valence-corrected chi connectivity index (χ2v) is 4.15. The van der Waals surface area contributed by atoms with Crippen molar-refractivity contribution in [1.29, 1.82) is 0 Å². The molecule has 0 amide bonds. The SMILES string of the molecule is CC1CNCC(C)(OC(=O)C(F)(F)F)N1C. The molecule has 1 fully saturated rings. The van der Waals surface area contributed by atoms with Crippen molar-refractivity contribution in [2.24, 2.45) is 0 Å². The van der Waals surface area contributed by atoms with E-state index in [0.717, 1.165) is 0 Å². The molecular formula is C9H15F3N2O2. The highest BCUT2D eigenvalue weighted by molar-refractivity contribution is 5.76. The van der Waals surface area contributed by atoms with Crippen molar-refractivity contribution in [3.63, 3.8) is 0 Å². The fraction of sp³-hybridized carbons (Fsp3) is 0.889. The molecule has 1 aliphatic heterocycles. The van der Waals surface area contributed by atoms with Crippen molar-refractivity contribution >= 4 is 5.97 Å². The zero-order valence-corrected chi connectivity index (χ0v) is 9.39. The lowest BCUT2D eigenvalue weighted by molar-refractivity contribution is -0.231. The molecule has 0 aromatic carbocycles. The van der Waals surface area contributed by atoms with E-state index < -0.39 is 17.9 Å². The molecule has 1 N–H and O–H groups in total. The molecule has 4 nitrogen and oxygen atoms in total. The van der Waals surface area contributed by atoms with Gasteiger partial charge >= 0.3 is 12.1 Å². The van der Waals surface area contributed by atoms with Crippen molar-refractivity contribution < 1.29 is 22.7 Å². The molecule has 94 valence electrons. The van der Waals surface area contributed by atoms with Gasteiger partial charge < -0.3 is 10.1 Å². The highest BCUT2D eigenvalue weighted by Gasteiger charge is 2.47. The van der Waals surface area contributed by atoms with Gasteiger partial charge in [0.25, 0.3) is 0 Å². The van der Waals surface area contributed by atoms with Crippen LogP contribution in [0.5, 0.6) is 0 Å². The van der Waals surface area contributed by atoms with Crippen LogP contribution in [0.3, 0.4) is 0 Å². The van der Waals surface area contributed by atoms with Crippen molar-refractivity contribution in [3.05, 3.63) is 0 Å². The molecule has 0 aromatic rings. The van der Waals surface area contributed by atoms with Crippen LogP contribution in [0, 0.1) is 0 Å². The van der Waals surface area contributed by atoms with E-state index in [1.165, 1.54) is 6.92 Å². The van der Waals surface area contributed by atoms with Gasteiger partial charge in [-0.3, -0.25) is 4.90 Å². The maximum Gasteiger partial charge on any atom is 0.490 e. The summed E-state index contributed by atoms with van der Waals surface area (Å²) in [5, 5.41) is 2.93. The first-order chi connectivity index (χ1) is 7.17. The fourth-order valence-electron chi connectivity index (χ4n) is 1.61. The van der Waals surface area contributed by atoms with Gasteiger partial charge in [-0.25, -0.2) is 4.79 Å². The number of hydrogen-bond acceptors (Lipinski definition) is 4. The van der Waals surface area contributed by atoms with E-state index in [9.17, 15) is 18.0 Å². The molecule has 0 radical (unpaired) electrons. The van der Waals surface area contributed by atoms with Gasteiger partial charge in [0.2, 0.25) is 0 Å². The van der Waals surface area contributed by atoms with Gasteiger partial charge in [0.05, 0.1) is 0 Å². The Hall–Kier alpha value is -0.820. The summed E-state index contributed by atoms with van der Waals surface area (Å²) < 4.78 is 40.8. The second-order valence-electron chi connectivity index (χ2n) is 4.15. The summed E-state index contributed by atoms with van der Waals surface area (Å²) in [6, 6.07) is -0.000200. The van der Waals surface area contributed by atoms with Crippen LogP contribution < -0.4 is 5.32 Å². The van der Waals surface area contributed by atoms with Gasteiger partial charge in [-0.2, -0.15) is 13.2 Å². The van der Waals surface area contributed by atoms with Gasteiger partial charge in [0, 0.05) is 19.1 Å². The van der Waals surface area contributed by atoms with Crippen LogP contribution in [-0.2, 0) is 9.53 Å². The third kappa shape index (κ3) is 2.65. The minimum atomic E-state index is -4.95. The third-order valence-corrected chi connectivity index (χ3v) is 2.84. The van der Waals surface area contributed by atoms with E-state index in [1.54, 1.807) is 11.9 Å². The Morgan fingerprint density at radius 3 is 2.62 bits per heavy atom. The van der Waals surface area contributed by atoms with Crippen molar-refractivity contribution in [2.75, 3.05) is 20.1 Å². The number of rotatable bonds is 1. The summed E-state index contributed by atoms with van der Waals surface area (Å²) in [6.07, 6.45) is -4.95. The normalized spacial score (nSPS) is 32.5. The summed E-state index contributed by atoms with van der Waals surface area (Å²) in [5.74, 6) is -2.15. The number of hydrogen-bond donors (Lipinski definition) is 1. The topological polar surface area (TPSA) is 41.6 Å². The lowest BCUT2D eigenvalue weighted by atomic mass is 10.1. The third-order valence-electron chi connectivity index (χ3n) is 2.84. The minimum Gasteiger partial charge on any atom is -0.436 e. The van der Waals surface area contributed by atoms with Gasteiger partial charge in [0.1, 0.15) is 0 Å². The van der Waals surface area contributed by atoms with Crippen LogP contribution in [0.25, 0.3) is 0 Å². The highest BCUT2D eigenvalue weighted by Crippen LogP contribution is 2.25. The number of carbonyl (C=O) groups is 1. The van der Waals surface area contributed by atoms with Crippen LogP contribution >= 0.6 is 0 Å². The van der Waals surface area contributed by atoms with E-state index in [2.05, 4.69) is 10.1 Å². The average molecular weight is 240 g/mol. The molecular weight excluding hydrogens is 225 g/mol. The van der Waals surface area contributed by atoms with Crippen molar-refractivity contribution in [2.45, 2.75) is 31.8 Å². The number of ether oxygens (including phenoxy) is 1. The molecule has 1 aliphatic rings. The van der Waals surface area contributed by atoms with E-state index in [4.69, 9.17) is 0 Å². The van der Waals surface area contributed by atoms with Crippen LogP contribution in [0.15, 0.2) is 0 Å². The summed E-state index contributed by atoms with van der Waals surface area (Å²) in [6.45, 7) is 4.12. The van der Waals surface area contributed by atoms with Gasteiger partial charge in [0.15, 0.2) is 5.72 Å². The number of alkyl halides is 3. The largest absolute Gasteiger partial charge is 0.490 e. The second kappa shape index (κ2) is 4.21. The fourth-order valence-corrected chi connectivity index (χ4v) is 1.61. The zero-order chi connectivity index (χ0) is 12.6. The summed E-state index contributed by atoms with van der Waals surface area (Å²) in [4.78, 5) is 12.4. The first-order valence-electron chi connectivity index (χ1n) is 4.90. The molecule has 0 saturated carbocycles. The number of nitrogens with zero attached hydrogens (tertiary/aromatic N) is 1. The number of likely N-dealkylation sites (N-methyl/N-ethyl adjacent to an activating group) is 1. The lowest BCUT2D eigenvalue weighted by Crippen LogP contribution is -2.64. The molecule has 0 aromatic heterocycles. The predicted octanol–water partition coefficient (Wildman–Crippen LogP) is 0.732. The predicted molar refractivity (Wildman–Crippen MR) is 50.6 cm³/mol. The Kier molecular flexibility index (Phi) is 3.49. The first kappa shape index (κ1) is 13.2. The molecule has 16 heavy (non-hydrogen) atoms. The highest BCUT2D eigenvalue weighted by atomic mass is 19.4. The van der Waals surface area contributed by atoms with E-state index in [-0.39, 0.29) is 12.6 Å². The quantitative estimate of drug-likeness (QED) is 0.686. The minimum absolute atomic E-state index is 0.000200. The molecule has 1 heterocycles. The van der Waals surface area contributed by atoms with Gasteiger partial charge in [-0.1, -0.05) is 0 Å². The summed E-state index contributed by atoms with van der Waals surface area (Å²) in [5.41, 5.74) is -1.26. The summed E-state index contributed by atoms with van der Waals surface area (Å²) in [7, 11) is 1.63. The van der Waals surface area contributed by atoms with Crippen LogP contribution in [0.4, 0.5) is 13.2 Å². The lowest BCUT2D eigenvalue weighted by Gasteiger charge is -2.45. The van der Waals surface area contributed by atoms with E-state index >= 15 is 0 Å². The Labute approximate surface area is 91.7 Å². The van der Waals surface area contributed by atoms with E-state index in [0.29, 0.717) is 6.54 Å². The molecule has 0 aliphatic carbocycles. The van der Waals surface area contributed by atoms with Gasteiger partial charge in [-0.15, -0.1) is 0 Å². The zero-order valence-electron chi connectivity index (χ0n) is 9.39. The molecule has 0 bridgehead atoms. The standard InChI is InChI=1S/C9H15F3N2O2/c1-6-4-13-5-8(2,14(6)3)16-7(15)9(10,11)12/h6,13H,4-5H2,1-3H3. The molecule has 0 spiro atoms. The number of nitrogens with one attached hydrogen (secondary N) is 1. The number of esters is 1. The Morgan fingerprint density at radius 1 is 1.56 bits per heavy atom. The number of halogens is 3. The van der Waals surface area contributed by atoms with Crippen molar-refractivity contribution in [3.8, 4) is 0 Å². The number of piperazine rings is 1. The maximum atomic E-state index is 12.1. The van der Waals surface area contributed by atoms with Crippen molar-refractivity contribution in [1.82, 2.24) is 10.2 Å². The molecule has 2 unspecified atom stereocenters. The maximum absolute atomic E-state index is 12.1. The Bertz CT molecular complexity index is 282. The summed E-state index contributed by atoms with van der Waals surface area (Å²) >= 11 is 0. The molecule has 1 saturated heterocycles. The van der Waals surface area contributed by atoms with Crippen LogP contribution in [0.1, 0.15) is 13.8 Å². The molecule has 2 atom stereocenters. The van der Waals surface area contributed by atoms with Crippen LogP contribution in [-0.4, -0.2) is 48.9 Å². The number of carbonyl (C=O) groups excluding carboxylic acids is 1. The Morgan fingerprint density at radius 2 is 2.12 bits per heavy atom. The van der Waals surface area contributed by atoms with E-state index in [1.807, 2.05) is 6.92 Å². The first-order valence-corrected chi connectivity index (χ1v) is 4.90. The molecule has 7 heteroatoms. The van der Waals surface area contributed by atoms with Crippen LogP contribution in [0.2, 0.25) is 0 Å². The Balaban J connectivity index is 2.74. The molecule has 1 rings (SSSR count). The average Bonchev–Trinajstić information content (AvgIpc) is 2.12. The monoisotopic (exact) mass is 240 g/mol. The smallest absolute Gasteiger partial charge is 0.436 e. The van der Waals surface area contributed by atoms with Gasteiger partial charge in [-0.05, 0) is 20.9 Å².